The first-order chi connectivity index (χ1) is 37.8. The number of para-hydroxylation sites is 2. The number of hydrogen-bond donors (Lipinski definition) is 0. The average Bonchev–Trinajstić information content (AvgIpc) is 4.07. The quantitative estimate of drug-likeness (QED) is 0.137. The van der Waals surface area contributed by atoms with Crippen molar-refractivity contribution in [1.29, 1.82) is 5.26 Å². The Hall–Kier alpha value is -8.33. The second-order valence-electron chi connectivity index (χ2n) is 23.7. The number of nitrogens with zero attached hydrogens (tertiary/aromatic N) is 4. The summed E-state index contributed by atoms with van der Waals surface area (Å²) in [6.07, 6.45) is 0. The molecular formula is C73H64Cl2N4. The van der Waals surface area contributed by atoms with E-state index >= 15 is 0 Å². The molecule has 0 atom stereocenters. The number of nitriles is 1. The van der Waals surface area contributed by atoms with Crippen LogP contribution in [0.2, 0.25) is 10.0 Å². The van der Waals surface area contributed by atoms with Gasteiger partial charge in [0.25, 0.3) is 0 Å². The van der Waals surface area contributed by atoms with Crippen molar-refractivity contribution in [3.05, 3.63) is 257 Å². The normalized spacial score (nSPS) is 12.0. The van der Waals surface area contributed by atoms with Crippen LogP contribution < -0.4 is 9.80 Å². The molecule has 11 aromatic rings. The molecule has 0 amide bonds. The molecule has 390 valence electrons. The average molecular weight is 1070 g/mol. The van der Waals surface area contributed by atoms with Crippen LogP contribution in [0.1, 0.15) is 84.6 Å². The van der Waals surface area contributed by atoms with Crippen LogP contribution in [0.25, 0.3) is 60.9 Å². The molecule has 6 heteroatoms. The lowest BCUT2D eigenvalue weighted by atomic mass is 9.79. The number of aromatic nitrogens is 1. The van der Waals surface area contributed by atoms with Gasteiger partial charge < -0.3 is 14.4 Å². The van der Waals surface area contributed by atoms with Crippen molar-refractivity contribution >= 4 is 79.1 Å². The number of halogens is 2. The Labute approximate surface area is 476 Å². The lowest BCUT2D eigenvalue weighted by Gasteiger charge is -2.34. The van der Waals surface area contributed by atoms with E-state index in [0.717, 1.165) is 89.3 Å². The predicted molar refractivity (Wildman–Crippen MR) is 337 cm³/mol. The predicted octanol–water partition coefficient (Wildman–Crippen LogP) is 21.8. The Morgan fingerprint density at radius 2 is 0.835 bits per heavy atom. The molecule has 4 nitrogen and oxygen atoms in total. The molecule has 1 heterocycles. The van der Waals surface area contributed by atoms with Gasteiger partial charge in [-0.2, -0.15) is 5.26 Å². The van der Waals surface area contributed by atoms with E-state index in [1.807, 2.05) is 30.3 Å². The van der Waals surface area contributed by atoms with Crippen LogP contribution in [0.3, 0.4) is 0 Å². The Morgan fingerprint density at radius 3 is 1.37 bits per heavy atom. The van der Waals surface area contributed by atoms with E-state index in [9.17, 15) is 5.26 Å². The van der Waals surface area contributed by atoms with Crippen LogP contribution in [0.15, 0.2) is 224 Å². The number of benzene rings is 10. The first-order valence-corrected chi connectivity index (χ1v) is 27.9. The Balaban J connectivity index is 1.22. The molecule has 0 fully saturated rings. The number of hydrogen-bond acceptors (Lipinski definition) is 3. The highest BCUT2D eigenvalue weighted by molar-refractivity contribution is 6.31. The maximum absolute atomic E-state index is 11.8. The molecule has 10 aromatic carbocycles. The van der Waals surface area contributed by atoms with Crippen LogP contribution in [-0.4, -0.2) is 4.57 Å². The largest absolute Gasteiger partial charge is 0.309 e. The SMILES string of the molecule is CC(C)(C)c1cc(-c2cccc(N(c3cc(Cl)cc(N(c4cccc(Cl)c4)c4c(-c5ccccc5)cc(C(C)(C)C)cc4-c4ccccc4)c3)c3cccc(-n4c5ccccc5c5ccccc54)c3C#N)c2)cc(C(C)(C)C)c1. The molecule has 0 N–H and O–H groups in total. The van der Waals surface area contributed by atoms with Crippen LogP contribution in [-0.2, 0) is 16.2 Å². The summed E-state index contributed by atoms with van der Waals surface area (Å²) in [5.74, 6) is 0. The lowest BCUT2D eigenvalue weighted by Crippen LogP contribution is -2.17. The third-order valence-corrected chi connectivity index (χ3v) is 15.6. The molecular weight excluding hydrogens is 1000 g/mol. The monoisotopic (exact) mass is 1070 g/mol. The molecule has 0 saturated heterocycles. The highest BCUT2D eigenvalue weighted by Crippen LogP contribution is 2.51. The molecule has 11 rings (SSSR count). The van der Waals surface area contributed by atoms with Crippen molar-refractivity contribution in [3.8, 4) is 45.1 Å². The van der Waals surface area contributed by atoms with Crippen LogP contribution in [0.4, 0.5) is 34.1 Å². The summed E-state index contributed by atoms with van der Waals surface area (Å²) in [5, 5.41) is 15.1. The van der Waals surface area contributed by atoms with E-state index in [4.69, 9.17) is 23.2 Å². The topological polar surface area (TPSA) is 35.2 Å². The minimum absolute atomic E-state index is 0.0888. The summed E-state index contributed by atoms with van der Waals surface area (Å²) in [5.41, 5.74) is 18.0. The van der Waals surface area contributed by atoms with E-state index in [-0.39, 0.29) is 16.2 Å². The van der Waals surface area contributed by atoms with Gasteiger partial charge in [-0.25, -0.2) is 0 Å². The number of anilines is 6. The zero-order valence-corrected chi connectivity index (χ0v) is 47.9. The lowest BCUT2D eigenvalue weighted by molar-refractivity contribution is 0.569. The zero-order chi connectivity index (χ0) is 55.4. The second-order valence-corrected chi connectivity index (χ2v) is 24.6. The molecule has 0 spiro atoms. The van der Waals surface area contributed by atoms with Gasteiger partial charge in [0.15, 0.2) is 0 Å². The van der Waals surface area contributed by atoms with Crippen molar-refractivity contribution in [2.45, 2.75) is 78.6 Å². The van der Waals surface area contributed by atoms with Gasteiger partial charge in [0.05, 0.1) is 28.1 Å². The summed E-state index contributed by atoms with van der Waals surface area (Å²) in [7, 11) is 0. The standard InChI is InChI=1S/C73H64Cl2N4/c1-71(2,3)52-37-51(38-53(40-52)72(4,5)6)50-27-20-29-57(39-50)77(68-35-22-36-69(65(68)47-76)79-66-33-18-16-31-61(66)62-32-17-19-34-67(62)79)59-44-56(75)45-60(46-59)78(58-30-21-28-55(74)43-58)70-63(48-23-12-10-13-24-48)41-54(73(7,8)9)42-64(70)49-25-14-11-15-26-49/h10-46H,1-9H3. The highest BCUT2D eigenvalue weighted by Gasteiger charge is 2.29. The van der Waals surface area contributed by atoms with Crippen LogP contribution in [0.5, 0.6) is 0 Å². The molecule has 0 radical (unpaired) electrons. The fraction of sp³-hybridized carbons (Fsp3) is 0.164. The summed E-state index contributed by atoms with van der Waals surface area (Å²) in [6, 6.07) is 81.8. The minimum Gasteiger partial charge on any atom is -0.309 e. The molecule has 0 saturated carbocycles. The Morgan fingerprint density at radius 1 is 0.380 bits per heavy atom. The molecule has 0 bridgehead atoms. The van der Waals surface area contributed by atoms with E-state index in [0.29, 0.717) is 21.3 Å². The van der Waals surface area contributed by atoms with E-state index in [1.54, 1.807) is 0 Å². The van der Waals surface area contributed by atoms with E-state index < -0.39 is 0 Å². The van der Waals surface area contributed by atoms with Crippen molar-refractivity contribution in [2.75, 3.05) is 9.80 Å². The molecule has 0 aliphatic heterocycles. The fourth-order valence-electron chi connectivity index (χ4n) is 10.9. The van der Waals surface area contributed by atoms with Gasteiger partial charge in [0.1, 0.15) is 11.6 Å². The smallest absolute Gasteiger partial charge is 0.104 e. The Bertz CT molecular complexity index is 3980. The van der Waals surface area contributed by atoms with Gasteiger partial charge in [-0.1, -0.05) is 225 Å². The summed E-state index contributed by atoms with van der Waals surface area (Å²) >= 11 is 14.7. The molecule has 0 aliphatic carbocycles. The van der Waals surface area contributed by atoms with Gasteiger partial charge in [-0.05, 0) is 140 Å². The summed E-state index contributed by atoms with van der Waals surface area (Å²) < 4.78 is 2.23. The minimum atomic E-state index is -0.181. The van der Waals surface area contributed by atoms with E-state index in [1.165, 1.54) is 16.7 Å². The first kappa shape index (κ1) is 52.7. The molecule has 79 heavy (non-hydrogen) atoms. The van der Waals surface area contributed by atoms with Crippen LogP contribution in [0, 0.1) is 11.3 Å². The zero-order valence-electron chi connectivity index (χ0n) is 46.4. The number of fused-ring (bicyclic) bond motifs is 3. The summed E-state index contributed by atoms with van der Waals surface area (Å²) in [6.45, 7) is 20.5. The maximum atomic E-state index is 11.8. The van der Waals surface area contributed by atoms with Crippen molar-refractivity contribution < 1.29 is 0 Å². The molecule has 0 aliphatic rings. The van der Waals surface area contributed by atoms with Crippen molar-refractivity contribution in [1.82, 2.24) is 4.57 Å². The molecule has 0 unspecified atom stereocenters. The van der Waals surface area contributed by atoms with Gasteiger partial charge in [-0.3, -0.25) is 0 Å². The third-order valence-electron chi connectivity index (χ3n) is 15.1. The van der Waals surface area contributed by atoms with Gasteiger partial charge in [0.2, 0.25) is 0 Å². The maximum Gasteiger partial charge on any atom is 0.104 e. The number of rotatable bonds is 10. The van der Waals surface area contributed by atoms with E-state index in [2.05, 4.69) is 277 Å². The van der Waals surface area contributed by atoms with Gasteiger partial charge in [0, 0.05) is 54.7 Å². The Kier molecular flexibility index (Phi) is 13.9. The van der Waals surface area contributed by atoms with Gasteiger partial charge in [-0.15, -0.1) is 0 Å². The van der Waals surface area contributed by atoms with Crippen LogP contribution >= 0.6 is 23.2 Å². The second kappa shape index (κ2) is 20.8. The fourth-order valence-corrected chi connectivity index (χ4v) is 11.3. The third kappa shape index (κ3) is 10.3. The van der Waals surface area contributed by atoms with Crippen molar-refractivity contribution in [2.24, 2.45) is 0 Å². The van der Waals surface area contributed by atoms with Gasteiger partial charge >= 0.3 is 0 Å². The molecule has 1 aromatic heterocycles. The summed E-state index contributed by atoms with van der Waals surface area (Å²) in [4.78, 5) is 4.51. The first-order valence-electron chi connectivity index (χ1n) is 27.1. The van der Waals surface area contributed by atoms with Crippen molar-refractivity contribution in [3.63, 3.8) is 0 Å². The highest BCUT2D eigenvalue weighted by atomic mass is 35.5.